The summed E-state index contributed by atoms with van der Waals surface area (Å²) in [5.41, 5.74) is 6.53. The Labute approximate surface area is 112 Å². The van der Waals surface area contributed by atoms with Gasteiger partial charge in [0.05, 0.1) is 11.7 Å². The predicted octanol–water partition coefficient (Wildman–Crippen LogP) is 1.97. The molecule has 1 heterocycles. The fraction of sp³-hybridized carbons (Fsp3) is 0.500. The minimum Gasteiger partial charge on any atom is -0.399 e. The van der Waals surface area contributed by atoms with Crippen molar-refractivity contribution < 1.29 is 13.9 Å². The maximum absolute atomic E-state index is 14.0. The molecule has 0 aliphatic carbocycles. The number of hydrogen-bond acceptors (Lipinski definition) is 3. The van der Waals surface area contributed by atoms with E-state index in [0.717, 1.165) is 12.8 Å². The van der Waals surface area contributed by atoms with Gasteiger partial charge in [-0.05, 0) is 37.5 Å². The summed E-state index contributed by atoms with van der Waals surface area (Å²) in [5.74, 6) is -0.798. The number of ether oxygens (including phenoxy) is 1. The van der Waals surface area contributed by atoms with Gasteiger partial charge in [-0.1, -0.05) is 0 Å². The molecule has 1 aromatic rings. The van der Waals surface area contributed by atoms with E-state index in [4.69, 9.17) is 10.5 Å². The average molecular weight is 266 g/mol. The smallest absolute Gasteiger partial charge is 0.257 e. The van der Waals surface area contributed by atoms with Crippen molar-refractivity contribution in [3.05, 3.63) is 29.1 Å². The van der Waals surface area contributed by atoms with E-state index < -0.39 is 5.82 Å². The maximum atomic E-state index is 14.0. The van der Waals surface area contributed by atoms with Crippen LogP contribution >= 0.6 is 0 Å². The number of aryl methyl sites for hydroxylation is 1. The molecule has 4 nitrogen and oxygen atoms in total. The molecule has 19 heavy (non-hydrogen) atoms. The first kappa shape index (κ1) is 13.8. The lowest BCUT2D eigenvalue weighted by molar-refractivity contribution is 0.0266. The van der Waals surface area contributed by atoms with Crippen molar-refractivity contribution in [2.24, 2.45) is 0 Å². The molecule has 0 radical (unpaired) electrons. The monoisotopic (exact) mass is 266 g/mol. The van der Waals surface area contributed by atoms with Crippen LogP contribution in [0.4, 0.5) is 10.1 Å². The van der Waals surface area contributed by atoms with Crippen molar-refractivity contribution >= 4 is 11.6 Å². The highest BCUT2D eigenvalue weighted by molar-refractivity contribution is 5.95. The third-order valence-electron chi connectivity index (χ3n) is 3.51. The molecule has 0 spiro atoms. The molecule has 1 saturated heterocycles. The van der Waals surface area contributed by atoms with Crippen molar-refractivity contribution in [2.75, 3.05) is 25.9 Å². The molecule has 1 fully saturated rings. The number of carbonyl (C=O) groups is 1. The first-order valence-electron chi connectivity index (χ1n) is 6.40. The zero-order valence-corrected chi connectivity index (χ0v) is 11.3. The summed E-state index contributed by atoms with van der Waals surface area (Å²) in [6.07, 6.45) is 1.83. The fourth-order valence-electron chi connectivity index (χ4n) is 2.44. The molecular weight excluding hydrogens is 247 g/mol. The second-order valence-electron chi connectivity index (χ2n) is 4.95. The largest absolute Gasteiger partial charge is 0.399 e. The number of likely N-dealkylation sites (tertiary alicyclic amines) is 1. The van der Waals surface area contributed by atoms with E-state index in [0.29, 0.717) is 24.3 Å². The van der Waals surface area contributed by atoms with Gasteiger partial charge in [0.1, 0.15) is 5.82 Å². The first-order chi connectivity index (χ1) is 9.02. The number of rotatable bonds is 2. The SMILES string of the molecule is COC1CCCN(C(=O)c2cc(N)cc(C)c2F)C1. The van der Waals surface area contributed by atoms with E-state index in [-0.39, 0.29) is 17.6 Å². The summed E-state index contributed by atoms with van der Waals surface area (Å²) in [6.45, 7) is 2.74. The average Bonchev–Trinajstić information content (AvgIpc) is 2.42. The standard InChI is InChI=1S/C14H19FN2O2/c1-9-6-10(16)7-12(13(9)15)14(18)17-5-3-4-11(8-17)19-2/h6-7,11H,3-5,8,16H2,1-2H3. The van der Waals surface area contributed by atoms with Crippen molar-refractivity contribution in [1.29, 1.82) is 0 Å². The number of hydrogen-bond donors (Lipinski definition) is 1. The Balaban J connectivity index is 2.24. The molecule has 2 rings (SSSR count). The summed E-state index contributed by atoms with van der Waals surface area (Å²) < 4.78 is 19.3. The summed E-state index contributed by atoms with van der Waals surface area (Å²) in [4.78, 5) is 14.0. The minimum absolute atomic E-state index is 0.0305. The number of nitrogen functional groups attached to an aromatic ring is 1. The number of methoxy groups -OCH3 is 1. The topological polar surface area (TPSA) is 55.6 Å². The van der Waals surface area contributed by atoms with E-state index in [2.05, 4.69) is 0 Å². The Hall–Kier alpha value is -1.62. The van der Waals surface area contributed by atoms with E-state index in [1.54, 1.807) is 18.9 Å². The van der Waals surface area contributed by atoms with Crippen LogP contribution in [0.5, 0.6) is 0 Å². The normalized spacial score (nSPS) is 19.5. The highest BCUT2D eigenvalue weighted by Crippen LogP contribution is 2.21. The van der Waals surface area contributed by atoms with Crippen LogP contribution in [0.1, 0.15) is 28.8 Å². The van der Waals surface area contributed by atoms with Gasteiger partial charge in [-0.15, -0.1) is 0 Å². The van der Waals surface area contributed by atoms with Crippen LogP contribution in [0.3, 0.4) is 0 Å². The Morgan fingerprint density at radius 2 is 2.26 bits per heavy atom. The van der Waals surface area contributed by atoms with Crippen molar-refractivity contribution in [3.63, 3.8) is 0 Å². The molecule has 1 unspecified atom stereocenters. The minimum atomic E-state index is -0.487. The number of nitrogens with zero attached hydrogens (tertiary/aromatic N) is 1. The Bertz CT molecular complexity index is 491. The number of benzene rings is 1. The zero-order valence-electron chi connectivity index (χ0n) is 11.3. The molecule has 0 saturated carbocycles. The number of amides is 1. The van der Waals surface area contributed by atoms with Crippen LogP contribution in [0.25, 0.3) is 0 Å². The summed E-state index contributed by atoms with van der Waals surface area (Å²) >= 11 is 0. The molecule has 1 amide bonds. The van der Waals surface area contributed by atoms with Crippen LogP contribution in [0, 0.1) is 12.7 Å². The number of anilines is 1. The molecule has 1 atom stereocenters. The number of piperidine rings is 1. The molecule has 1 aliphatic rings. The first-order valence-corrected chi connectivity index (χ1v) is 6.40. The van der Waals surface area contributed by atoms with Crippen LogP contribution in [0.2, 0.25) is 0 Å². The second-order valence-corrected chi connectivity index (χ2v) is 4.95. The van der Waals surface area contributed by atoms with Crippen molar-refractivity contribution in [3.8, 4) is 0 Å². The van der Waals surface area contributed by atoms with Crippen LogP contribution < -0.4 is 5.73 Å². The molecule has 1 aliphatic heterocycles. The van der Waals surface area contributed by atoms with Crippen LogP contribution in [-0.2, 0) is 4.74 Å². The molecule has 2 N–H and O–H groups in total. The second kappa shape index (κ2) is 5.57. The van der Waals surface area contributed by atoms with Crippen molar-refractivity contribution in [1.82, 2.24) is 4.90 Å². The van der Waals surface area contributed by atoms with E-state index >= 15 is 0 Å². The van der Waals surface area contributed by atoms with Gasteiger partial charge in [0, 0.05) is 25.9 Å². The summed E-state index contributed by atoms with van der Waals surface area (Å²) in [7, 11) is 1.63. The molecular formula is C14H19FN2O2. The third kappa shape index (κ3) is 2.87. The zero-order chi connectivity index (χ0) is 14.0. The number of halogens is 1. The van der Waals surface area contributed by atoms with Gasteiger partial charge in [0.2, 0.25) is 0 Å². The van der Waals surface area contributed by atoms with Gasteiger partial charge in [-0.25, -0.2) is 4.39 Å². The highest BCUT2D eigenvalue weighted by Gasteiger charge is 2.26. The molecule has 0 bridgehead atoms. The Kier molecular flexibility index (Phi) is 4.04. The van der Waals surface area contributed by atoms with E-state index in [1.807, 2.05) is 0 Å². The third-order valence-corrected chi connectivity index (χ3v) is 3.51. The van der Waals surface area contributed by atoms with Crippen LogP contribution in [-0.4, -0.2) is 37.1 Å². The lowest BCUT2D eigenvalue weighted by Gasteiger charge is -2.32. The Morgan fingerprint density at radius 3 is 2.95 bits per heavy atom. The summed E-state index contributed by atoms with van der Waals surface area (Å²) in [6, 6.07) is 2.93. The molecule has 5 heteroatoms. The lowest BCUT2D eigenvalue weighted by Crippen LogP contribution is -2.43. The van der Waals surface area contributed by atoms with Gasteiger partial charge in [-0.2, -0.15) is 0 Å². The Morgan fingerprint density at radius 1 is 1.53 bits per heavy atom. The van der Waals surface area contributed by atoms with E-state index in [1.165, 1.54) is 12.1 Å². The van der Waals surface area contributed by atoms with Gasteiger partial charge >= 0.3 is 0 Å². The molecule has 0 aromatic heterocycles. The van der Waals surface area contributed by atoms with Gasteiger partial charge in [0.25, 0.3) is 5.91 Å². The number of carbonyl (C=O) groups excluding carboxylic acids is 1. The number of nitrogens with two attached hydrogens (primary N) is 1. The van der Waals surface area contributed by atoms with E-state index in [9.17, 15) is 9.18 Å². The quantitative estimate of drug-likeness (QED) is 0.833. The highest BCUT2D eigenvalue weighted by atomic mass is 19.1. The maximum Gasteiger partial charge on any atom is 0.257 e. The van der Waals surface area contributed by atoms with Crippen LogP contribution in [0.15, 0.2) is 12.1 Å². The van der Waals surface area contributed by atoms with Crippen molar-refractivity contribution in [2.45, 2.75) is 25.9 Å². The fourth-order valence-corrected chi connectivity index (χ4v) is 2.44. The van der Waals surface area contributed by atoms with Gasteiger partial charge in [-0.3, -0.25) is 4.79 Å². The lowest BCUT2D eigenvalue weighted by atomic mass is 10.0. The predicted molar refractivity (Wildman–Crippen MR) is 71.5 cm³/mol. The van der Waals surface area contributed by atoms with Gasteiger partial charge < -0.3 is 15.4 Å². The molecule has 1 aromatic carbocycles. The van der Waals surface area contributed by atoms with Gasteiger partial charge in [0.15, 0.2) is 0 Å². The molecule has 104 valence electrons. The summed E-state index contributed by atoms with van der Waals surface area (Å²) in [5, 5.41) is 0.